The van der Waals surface area contributed by atoms with Crippen LogP contribution in [0.2, 0.25) is 0 Å². The van der Waals surface area contributed by atoms with Crippen molar-refractivity contribution in [3.63, 3.8) is 0 Å². The van der Waals surface area contributed by atoms with Crippen LogP contribution in [0.4, 0.5) is 4.39 Å². The van der Waals surface area contributed by atoms with Gasteiger partial charge < -0.3 is 5.73 Å². The number of hydrogen-bond donors (Lipinski definition) is 2. The highest BCUT2D eigenvalue weighted by Crippen LogP contribution is 2.20. The Bertz CT molecular complexity index is 684. The van der Waals surface area contributed by atoms with Gasteiger partial charge in [0, 0.05) is 18.2 Å². The van der Waals surface area contributed by atoms with Crippen LogP contribution in [0.5, 0.6) is 0 Å². The second-order valence-electron chi connectivity index (χ2n) is 4.36. The zero-order valence-electron chi connectivity index (χ0n) is 10.8. The lowest BCUT2D eigenvalue weighted by Crippen LogP contribution is -2.26. The lowest BCUT2D eigenvalue weighted by molar-refractivity contribution is 0.565. The number of rotatable bonds is 5. The maximum Gasteiger partial charge on any atom is 0.241 e. The van der Waals surface area contributed by atoms with Crippen molar-refractivity contribution in [1.29, 1.82) is 0 Å². The first-order valence-corrected chi connectivity index (χ1v) is 8.39. The summed E-state index contributed by atoms with van der Waals surface area (Å²) >= 11 is 1.50. The average Bonchev–Trinajstić information content (AvgIpc) is 2.92. The third-order valence-electron chi connectivity index (χ3n) is 2.92. The van der Waals surface area contributed by atoms with Gasteiger partial charge in [-0.05, 0) is 47.5 Å². The Labute approximate surface area is 121 Å². The molecule has 0 amide bonds. The quantitative estimate of drug-likeness (QED) is 0.890. The van der Waals surface area contributed by atoms with Crippen LogP contribution < -0.4 is 10.5 Å². The van der Waals surface area contributed by atoms with Gasteiger partial charge in [-0.15, -0.1) is 0 Å². The molecule has 0 radical (unpaired) electrons. The molecule has 1 aromatic carbocycles. The Morgan fingerprint density at radius 3 is 2.75 bits per heavy atom. The molecule has 108 valence electrons. The standard InChI is InChI=1S/C13H15FN2O2S2/c1-9(10-4-5-19-8-10)16-20(17,18)12-2-3-13(14)11(6-12)7-15/h2-6,8-9,16H,7,15H2,1H3. The minimum atomic E-state index is -3.70. The van der Waals surface area contributed by atoms with E-state index in [9.17, 15) is 12.8 Å². The molecule has 0 saturated heterocycles. The van der Waals surface area contributed by atoms with E-state index in [4.69, 9.17) is 5.73 Å². The first-order chi connectivity index (χ1) is 9.44. The number of hydrogen-bond acceptors (Lipinski definition) is 4. The molecule has 0 spiro atoms. The number of sulfonamides is 1. The summed E-state index contributed by atoms with van der Waals surface area (Å²) in [5, 5.41) is 3.76. The number of thiophene rings is 1. The molecule has 1 heterocycles. The van der Waals surface area contributed by atoms with Crippen LogP contribution in [0.15, 0.2) is 39.9 Å². The molecule has 2 aromatic rings. The van der Waals surface area contributed by atoms with Crippen molar-refractivity contribution in [3.8, 4) is 0 Å². The van der Waals surface area contributed by atoms with E-state index in [0.29, 0.717) is 0 Å². The summed E-state index contributed by atoms with van der Waals surface area (Å²) < 4.78 is 40.4. The number of halogens is 1. The summed E-state index contributed by atoms with van der Waals surface area (Å²) in [6.07, 6.45) is 0. The second-order valence-corrected chi connectivity index (χ2v) is 6.85. The summed E-state index contributed by atoms with van der Waals surface area (Å²) in [5.74, 6) is -0.502. The molecule has 0 aliphatic heterocycles. The highest BCUT2D eigenvalue weighted by Gasteiger charge is 2.19. The molecule has 1 aromatic heterocycles. The van der Waals surface area contributed by atoms with Crippen molar-refractivity contribution in [2.45, 2.75) is 24.4 Å². The molecule has 0 aliphatic rings. The number of nitrogens with one attached hydrogen (secondary N) is 1. The van der Waals surface area contributed by atoms with Crippen LogP contribution >= 0.6 is 11.3 Å². The molecule has 2 rings (SSSR count). The van der Waals surface area contributed by atoms with Crippen LogP contribution in [0.1, 0.15) is 24.1 Å². The molecule has 4 nitrogen and oxygen atoms in total. The Morgan fingerprint density at radius 2 is 2.15 bits per heavy atom. The van der Waals surface area contributed by atoms with E-state index in [1.165, 1.54) is 23.5 Å². The summed E-state index contributed by atoms with van der Waals surface area (Å²) in [4.78, 5) is 0.0152. The summed E-state index contributed by atoms with van der Waals surface area (Å²) in [7, 11) is -3.70. The average molecular weight is 314 g/mol. The zero-order valence-corrected chi connectivity index (χ0v) is 12.5. The SMILES string of the molecule is CC(NS(=O)(=O)c1ccc(F)c(CN)c1)c1ccsc1. The Balaban J connectivity index is 2.26. The molecular formula is C13H15FN2O2S2. The fourth-order valence-electron chi connectivity index (χ4n) is 1.76. The van der Waals surface area contributed by atoms with E-state index in [2.05, 4.69) is 4.72 Å². The van der Waals surface area contributed by atoms with Gasteiger partial charge >= 0.3 is 0 Å². The van der Waals surface area contributed by atoms with E-state index < -0.39 is 15.8 Å². The summed E-state index contributed by atoms with van der Waals surface area (Å²) in [5.41, 5.74) is 6.45. The van der Waals surface area contributed by atoms with Crippen LogP contribution in [0, 0.1) is 5.82 Å². The number of nitrogens with two attached hydrogens (primary N) is 1. The molecule has 7 heteroatoms. The zero-order chi connectivity index (χ0) is 14.8. The van der Waals surface area contributed by atoms with E-state index in [1.54, 1.807) is 6.92 Å². The van der Waals surface area contributed by atoms with Gasteiger partial charge in [-0.2, -0.15) is 11.3 Å². The van der Waals surface area contributed by atoms with Gasteiger partial charge in [0.2, 0.25) is 10.0 Å². The lowest BCUT2D eigenvalue weighted by atomic mass is 10.2. The van der Waals surface area contributed by atoms with Crippen molar-refractivity contribution >= 4 is 21.4 Å². The fourth-order valence-corrected chi connectivity index (χ4v) is 3.80. The van der Waals surface area contributed by atoms with Crippen molar-refractivity contribution < 1.29 is 12.8 Å². The molecule has 0 aliphatic carbocycles. The Hall–Kier alpha value is -1.28. The highest BCUT2D eigenvalue weighted by molar-refractivity contribution is 7.89. The number of benzene rings is 1. The monoisotopic (exact) mass is 314 g/mol. The largest absolute Gasteiger partial charge is 0.326 e. The van der Waals surface area contributed by atoms with Crippen LogP contribution in [0.3, 0.4) is 0 Å². The lowest BCUT2D eigenvalue weighted by Gasteiger charge is -2.14. The Morgan fingerprint density at radius 1 is 1.40 bits per heavy atom. The molecule has 0 saturated carbocycles. The molecule has 1 atom stereocenters. The minimum absolute atomic E-state index is 0.0152. The van der Waals surface area contributed by atoms with Gasteiger partial charge in [0.1, 0.15) is 5.82 Å². The van der Waals surface area contributed by atoms with E-state index in [0.717, 1.165) is 11.6 Å². The van der Waals surface area contributed by atoms with Crippen LogP contribution in [-0.2, 0) is 16.6 Å². The molecule has 1 unspecified atom stereocenters. The summed E-state index contributed by atoms with van der Waals surface area (Å²) in [6.45, 7) is 1.71. The first kappa shape index (κ1) is 15.1. The highest BCUT2D eigenvalue weighted by atomic mass is 32.2. The van der Waals surface area contributed by atoms with Gasteiger partial charge in [0.25, 0.3) is 0 Å². The van der Waals surface area contributed by atoms with Crippen LogP contribution in [-0.4, -0.2) is 8.42 Å². The van der Waals surface area contributed by atoms with Crippen LogP contribution in [0.25, 0.3) is 0 Å². The predicted molar refractivity (Wildman–Crippen MR) is 77.3 cm³/mol. The molecular weight excluding hydrogens is 299 g/mol. The molecule has 20 heavy (non-hydrogen) atoms. The van der Waals surface area contributed by atoms with E-state index in [1.807, 2.05) is 16.8 Å². The molecule has 3 N–H and O–H groups in total. The fraction of sp³-hybridized carbons (Fsp3) is 0.231. The maximum absolute atomic E-state index is 13.4. The van der Waals surface area contributed by atoms with Crippen molar-refractivity contribution in [3.05, 3.63) is 52.0 Å². The van der Waals surface area contributed by atoms with Gasteiger partial charge in [-0.25, -0.2) is 17.5 Å². The smallest absolute Gasteiger partial charge is 0.241 e. The normalized spacial score (nSPS) is 13.3. The Kier molecular flexibility index (Phi) is 4.54. The van der Waals surface area contributed by atoms with E-state index >= 15 is 0 Å². The summed E-state index contributed by atoms with van der Waals surface area (Å²) in [6, 6.07) is 5.12. The van der Waals surface area contributed by atoms with Gasteiger partial charge in [0.05, 0.1) is 4.90 Å². The van der Waals surface area contributed by atoms with Crippen molar-refractivity contribution in [1.82, 2.24) is 4.72 Å². The predicted octanol–water partition coefficient (Wildman–Crippen LogP) is 2.39. The topological polar surface area (TPSA) is 72.2 Å². The van der Waals surface area contributed by atoms with Gasteiger partial charge in [0.15, 0.2) is 0 Å². The van der Waals surface area contributed by atoms with Crippen molar-refractivity contribution in [2.75, 3.05) is 0 Å². The molecule has 0 bridgehead atoms. The van der Waals surface area contributed by atoms with Crippen molar-refractivity contribution in [2.24, 2.45) is 5.73 Å². The van der Waals surface area contributed by atoms with E-state index in [-0.39, 0.29) is 23.0 Å². The molecule has 0 fully saturated rings. The second kappa shape index (κ2) is 6.01. The minimum Gasteiger partial charge on any atom is -0.326 e. The third kappa shape index (κ3) is 3.24. The maximum atomic E-state index is 13.4. The first-order valence-electron chi connectivity index (χ1n) is 5.97. The van der Waals surface area contributed by atoms with Gasteiger partial charge in [-0.1, -0.05) is 0 Å². The van der Waals surface area contributed by atoms with Gasteiger partial charge in [-0.3, -0.25) is 0 Å². The third-order valence-corrected chi connectivity index (χ3v) is 5.16.